The first kappa shape index (κ1) is 28.6. The molecule has 4 heteroatoms. The Bertz CT molecular complexity index is 1390. The van der Waals surface area contributed by atoms with Gasteiger partial charge in [0.25, 0.3) is 0 Å². The van der Waals surface area contributed by atoms with Gasteiger partial charge in [-0.2, -0.15) is 0 Å². The van der Waals surface area contributed by atoms with Crippen LogP contribution in [0.1, 0.15) is 111 Å². The van der Waals surface area contributed by atoms with Gasteiger partial charge in [-0.1, -0.05) is 13.8 Å². The van der Waals surface area contributed by atoms with Crippen molar-refractivity contribution >= 4 is 11.9 Å². The number of carbonyl (C=O) groups excluding carboxylic acids is 2. The summed E-state index contributed by atoms with van der Waals surface area (Å²) in [5.41, 5.74) is -0.620. The van der Waals surface area contributed by atoms with Crippen molar-refractivity contribution in [2.45, 2.75) is 123 Å². The van der Waals surface area contributed by atoms with E-state index in [1.807, 2.05) is 6.92 Å². The number of hydrogen-bond acceptors (Lipinski definition) is 4. The SMILES string of the molecule is CCC(C)(CC(C)C(=O)OC1CC2CC1C1C3CC(C4C5CCC(C5)C34)C21)C(=O)OC1CC2CC1C1C3CC(C4C5CCC(C5)C34)C21. The molecule has 47 heavy (non-hydrogen) atoms. The van der Waals surface area contributed by atoms with Crippen molar-refractivity contribution in [2.24, 2.45) is 130 Å². The van der Waals surface area contributed by atoms with Gasteiger partial charge in [-0.25, -0.2) is 0 Å². The Hall–Kier alpha value is -1.06. The number of ether oxygens (including phenoxy) is 2. The lowest BCUT2D eigenvalue weighted by Gasteiger charge is -2.47. The molecule has 4 nitrogen and oxygen atoms in total. The maximum absolute atomic E-state index is 14.0. The van der Waals surface area contributed by atoms with Gasteiger partial charge in [-0.3, -0.25) is 9.59 Å². The minimum atomic E-state index is -0.620. The Kier molecular flexibility index (Phi) is 5.74. The summed E-state index contributed by atoms with van der Waals surface area (Å²) in [5.74, 6) is 18.3. The average molecular weight is 641 g/mol. The highest BCUT2D eigenvalue weighted by molar-refractivity contribution is 5.79. The topological polar surface area (TPSA) is 52.6 Å². The molecule has 0 aromatic heterocycles. The second-order valence-corrected chi connectivity index (χ2v) is 21.1. The third-order valence-corrected chi connectivity index (χ3v) is 20.2. The summed E-state index contributed by atoms with van der Waals surface area (Å²) < 4.78 is 13.1. The van der Waals surface area contributed by atoms with E-state index in [-0.39, 0.29) is 30.1 Å². The summed E-state index contributed by atoms with van der Waals surface area (Å²) in [5, 5.41) is 0. The first-order chi connectivity index (χ1) is 22.8. The van der Waals surface area contributed by atoms with Crippen LogP contribution in [0.25, 0.3) is 0 Å². The van der Waals surface area contributed by atoms with Crippen molar-refractivity contribution in [2.75, 3.05) is 0 Å². The van der Waals surface area contributed by atoms with Crippen molar-refractivity contribution in [3.05, 3.63) is 0 Å². The van der Waals surface area contributed by atoms with Gasteiger partial charge in [-0.05, 0) is 215 Å². The molecular weight excluding hydrogens is 580 g/mol. The van der Waals surface area contributed by atoms with Gasteiger partial charge in [-0.15, -0.1) is 0 Å². The van der Waals surface area contributed by atoms with Crippen LogP contribution in [0.4, 0.5) is 0 Å². The van der Waals surface area contributed by atoms with Gasteiger partial charge in [0.15, 0.2) is 0 Å². The first-order valence-electron chi connectivity index (χ1n) is 21.2. The van der Waals surface area contributed by atoms with Crippen LogP contribution in [0.15, 0.2) is 0 Å². The summed E-state index contributed by atoms with van der Waals surface area (Å²) in [4.78, 5) is 27.8. The molecule has 12 aliphatic carbocycles. The minimum Gasteiger partial charge on any atom is -0.462 e. The fourth-order valence-electron chi connectivity index (χ4n) is 19.4. The molecule has 24 atom stereocenters. The fourth-order valence-corrected chi connectivity index (χ4v) is 19.4. The van der Waals surface area contributed by atoms with Crippen molar-refractivity contribution in [1.29, 1.82) is 0 Å². The zero-order valence-corrected chi connectivity index (χ0v) is 29.3. The maximum Gasteiger partial charge on any atom is 0.312 e. The molecule has 12 bridgehead atoms. The number of carbonyl (C=O) groups is 2. The van der Waals surface area contributed by atoms with Crippen LogP contribution in [-0.2, 0) is 19.1 Å². The molecule has 0 saturated heterocycles. The molecule has 0 radical (unpaired) electrons. The summed E-state index contributed by atoms with van der Waals surface area (Å²) in [6.45, 7) is 6.23. The molecule has 12 aliphatic rings. The summed E-state index contributed by atoms with van der Waals surface area (Å²) >= 11 is 0. The van der Waals surface area contributed by atoms with Crippen LogP contribution < -0.4 is 0 Å². The van der Waals surface area contributed by atoms with Crippen molar-refractivity contribution in [1.82, 2.24) is 0 Å². The highest BCUT2D eigenvalue weighted by Gasteiger charge is 2.73. The molecule has 0 heterocycles. The average Bonchev–Trinajstić information content (AvgIpc) is 3.91. The normalized spacial score (nSPS) is 61.8. The van der Waals surface area contributed by atoms with Gasteiger partial charge < -0.3 is 9.47 Å². The van der Waals surface area contributed by atoms with E-state index in [1.54, 1.807) is 0 Å². The summed E-state index contributed by atoms with van der Waals surface area (Å²) in [6, 6.07) is 0. The van der Waals surface area contributed by atoms with Crippen LogP contribution in [0, 0.1) is 130 Å². The molecule has 0 aromatic carbocycles. The molecule has 0 N–H and O–H groups in total. The van der Waals surface area contributed by atoms with Crippen LogP contribution >= 0.6 is 0 Å². The van der Waals surface area contributed by atoms with Crippen LogP contribution in [0.2, 0.25) is 0 Å². The predicted molar refractivity (Wildman–Crippen MR) is 177 cm³/mol. The van der Waals surface area contributed by atoms with Crippen molar-refractivity contribution < 1.29 is 19.1 Å². The number of rotatable bonds is 7. The van der Waals surface area contributed by atoms with Crippen LogP contribution in [0.5, 0.6) is 0 Å². The lowest BCUT2D eigenvalue weighted by Crippen LogP contribution is -2.46. The Morgan fingerprint density at radius 1 is 0.553 bits per heavy atom. The predicted octanol–water partition coefficient (Wildman–Crippen LogP) is 8.42. The Morgan fingerprint density at radius 2 is 0.979 bits per heavy atom. The minimum absolute atomic E-state index is 0.0279. The second-order valence-electron chi connectivity index (χ2n) is 21.1. The van der Waals surface area contributed by atoms with Gasteiger partial charge in [0.2, 0.25) is 0 Å². The molecule has 0 aliphatic heterocycles. The molecule has 12 rings (SSSR count). The zero-order valence-electron chi connectivity index (χ0n) is 29.3. The first-order valence-corrected chi connectivity index (χ1v) is 21.2. The standard InChI is InChI=1S/C43H60O4/c1-4-43(3,42(45)47-32-14-24-12-26(32)40-30-16-28(38(24)40)34-20-6-8-22(10-20)36(30)34)17-18(2)41(44)46-31-13-23-11-25(31)39-29-15-27(37(23)39)33-19-5-7-21(9-19)35(29)33/h18-40H,4-17H2,1-3H3. The van der Waals surface area contributed by atoms with E-state index in [0.717, 1.165) is 126 Å². The van der Waals surface area contributed by atoms with Gasteiger partial charge in [0.05, 0.1) is 11.3 Å². The quantitative estimate of drug-likeness (QED) is 0.207. The molecule has 0 amide bonds. The molecule has 12 fully saturated rings. The molecular formula is C43H60O4. The Morgan fingerprint density at radius 3 is 1.45 bits per heavy atom. The molecule has 12 saturated carbocycles. The smallest absolute Gasteiger partial charge is 0.312 e. The molecule has 0 spiro atoms. The van der Waals surface area contributed by atoms with Gasteiger partial charge >= 0.3 is 11.9 Å². The summed E-state index contributed by atoms with van der Waals surface area (Å²) in [6.07, 6.45) is 18.5. The van der Waals surface area contributed by atoms with E-state index < -0.39 is 5.41 Å². The van der Waals surface area contributed by atoms with Crippen LogP contribution in [0.3, 0.4) is 0 Å². The van der Waals surface area contributed by atoms with E-state index in [2.05, 4.69) is 13.8 Å². The number of esters is 2. The van der Waals surface area contributed by atoms with E-state index in [9.17, 15) is 9.59 Å². The number of hydrogen-bond donors (Lipinski definition) is 0. The molecule has 0 aromatic rings. The van der Waals surface area contributed by atoms with Crippen molar-refractivity contribution in [3.8, 4) is 0 Å². The lowest BCUT2D eigenvalue weighted by molar-refractivity contribution is -0.170. The number of fused-ring (bicyclic) bond motifs is 32. The Labute approximate surface area is 283 Å². The highest BCUT2D eigenvalue weighted by Crippen LogP contribution is 2.78. The fraction of sp³-hybridized carbons (Fsp3) is 0.953. The summed E-state index contributed by atoms with van der Waals surface area (Å²) in [7, 11) is 0. The molecule has 256 valence electrons. The lowest BCUT2D eigenvalue weighted by atomic mass is 9.59. The third kappa shape index (κ3) is 3.45. The van der Waals surface area contributed by atoms with E-state index in [0.29, 0.717) is 18.3 Å². The van der Waals surface area contributed by atoms with Gasteiger partial charge in [0.1, 0.15) is 12.2 Å². The highest BCUT2D eigenvalue weighted by atomic mass is 16.6. The van der Waals surface area contributed by atoms with E-state index in [4.69, 9.17) is 9.47 Å². The monoisotopic (exact) mass is 640 g/mol. The van der Waals surface area contributed by atoms with Gasteiger partial charge in [0, 0.05) is 0 Å². The molecule has 24 unspecified atom stereocenters. The van der Waals surface area contributed by atoms with E-state index >= 15 is 0 Å². The maximum atomic E-state index is 14.0. The zero-order chi connectivity index (χ0) is 31.2. The van der Waals surface area contributed by atoms with Crippen molar-refractivity contribution in [3.63, 3.8) is 0 Å². The largest absolute Gasteiger partial charge is 0.462 e. The second kappa shape index (κ2) is 9.43. The van der Waals surface area contributed by atoms with E-state index in [1.165, 1.54) is 64.2 Å². The van der Waals surface area contributed by atoms with Crippen LogP contribution in [-0.4, -0.2) is 24.1 Å². The third-order valence-electron chi connectivity index (χ3n) is 20.2. The Balaban J connectivity index is 0.695.